The Morgan fingerprint density at radius 2 is 1.21 bits per heavy atom. The van der Waals surface area contributed by atoms with Crippen molar-refractivity contribution < 1.29 is 26.2 Å². The number of rotatable bonds is 0. The quantitative estimate of drug-likeness (QED) is 0.363. The second kappa shape index (κ2) is 10.5. The summed E-state index contributed by atoms with van der Waals surface area (Å²) in [7, 11) is 0. The summed E-state index contributed by atoms with van der Waals surface area (Å²) in [6.45, 7) is 0. The molecule has 0 atom stereocenters. The van der Waals surface area contributed by atoms with Crippen LogP contribution in [0.15, 0.2) is 72.8 Å². The van der Waals surface area contributed by atoms with Crippen LogP contribution in [0.2, 0.25) is 0 Å². The van der Waals surface area contributed by atoms with E-state index < -0.39 is 0 Å². The molecule has 0 aromatic heterocycles. The third-order valence-corrected chi connectivity index (χ3v) is 4.36. The molecule has 0 unspecified atom stereocenters. The van der Waals surface area contributed by atoms with Gasteiger partial charge < -0.3 is 0 Å². The van der Waals surface area contributed by atoms with E-state index in [0.29, 0.717) is 0 Å². The van der Waals surface area contributed by atoms with Crippen LogP contribution in [0.1, 0.15) is 38.5 Å². The van der Waals surface area contributed by atoms with E-state index in [9.17, 15) is 0 Å². The van der Waals surface area contributed by atoms with Gasteiger partial charge in [0.05, 0.1) is 0 Å². The van der Waals surface area contributed by atoms with Gasteiger partial charge in [0.25, 0.3) is 0 Å². The molecule has 1 fully saturated rings. The zero-order chi connectivity index (χ0) is 15.7. The number of hydrogen-bond donors (Lipinski definition) is 0. The summed E-state index contributed by atoms with van der Waals surface area (Å²) in [5.41, 5.74) is 0. The van der Waals surface area contributed by atoms with Crippen LogP contribution in [-0.2, 0) is 26.2 Å². The van der Waals surface area contributed by atoms with Gasteiger partial charge in [-0.3, -0.25) is 6.08 Å². The maximum Gasteiger partial charge on any atom is 2.00 e. The minimum atomic E-state index is 0. The Morgan fingerprint density at radius 3 is 1.58 bits per heavy atom. The maximum absolute atomic E-state index is 2.99. The molecule has 0 heterocycles. The summed E-state index contributed by atoms with van der Waals surface area (Å²) in [4.78, 5) is 0. The minimum absolute atomic E-state index is 0. The first-order chi connectivity index (χ1) is 11.4. The van der Waals surface area contributed by atoms with Crippen molar-refractivity contribution in [1.82, 2.24) is 0 Å². The van der Waals surface area contributed by atoms with E-state index in [4.69, 9.17) is 0 Å². The molecule has 0 aliphatic heterocycles. The molecule has 0 amide bonds. The second-order valence-electron chi connectivity index (χ2n) is 6.09. The number of allylic oxidation sites excluding steroid dienone is 4. The normalized spacial score (nSPS) is 14.7. The Morgan fingerprint density at radius 1 is 0.708 bits per heavy atom. The summed E-state index contributed by atoms with van der Waals surface area (Å²) < 4.78 is 0. The van der Waals surface area contributed by atoms with E-state index in [1.807, 2.05) is 12.2 Å². The molecule has 120 valence electrons. The van der Waals surface area contributed by atoms with Crippen LogP contribution in [0.4, 0.5) is 0 Å². The Labute approximate surface area is 164 Å². The zero-order valence-electron chi connectivity index (χ0n) is 14.2. The molecule has 3 aromatic carbocycles. The van der Waals surface area contributed by atoms with Gasteiger partial charge in [0, 0.05) is 0 Å². The van der Waals surface area contributed by atoms with E-state index >= 15 is 0 Å². The number of hydrogen-bond acceptors (Lipinski definition) is 0. The van der Waals surface area contributed by atoms with Crippen molar-refractivity contribution in [3.05, 3.63) is 78.9 Å². The van der Waals surface area contributed by atoms with Crippen molar-refractivity contribution >= 4 is 21.5 Å². The van der Waals surface area contributed by atoms with Gasteiger partial charge in [-0.25, -0.2) is 12.2 Å². The molecule has 1 saturated carbocycles. The maximum atomic E-state index is 2.99. The van der Waals surface area contributed by atoms with E-state index in [-0.39, 0.29) is 26.2 Å². The molecule has 0 nitrogen and oxygen atoms in total. The van der Waals surface area contributed by atoms with Crippen LogP contribution in [0.5, 0.6) is 0 Å². The van der Waals surface area contributed by atoms with Gasteiger partial charge >= 0.3 is 26.2 Å². The van der Waals surface area contributed by atoms with E-state index in [0.717, 1.165) is 6.42 Å². The SMILES string of the molecule is C1CCCC1.[C-]1=CC=CC1.[Zr+2].c1ccc2c(c1)[cH-]c1ccccc12. The van der Waals surface area contributed by atoms with Crippen molar-refractivity contribution in [1.29, 1.82) is 0 Å². The summed E-state index contributed by atoms with van der Waals surface area (Å²) in [5, 5.41) is 5.39. The average Bonchev–Trinajstić information content (AvgIpc) is 3.38. The number of benzene rings is 2. The smallest absolute Gasteiger partial charge is 0.273 e. The first kappa shape index (κ1) is 19.0. The minimum Gasteiger partial charge on any atom is -0.273 e. The molecule has 0 saturated heterocycles. The Kier molecular flexibility index (Phi) is 8.33. The fourth-order valence-electron chi connectivity index (χ4n) is 3.13. The molecular weight excluding hydrogens is 367 g/mol. The van der Waals surface area contributed by atoms with E-state index in [1.165, 1.54) is 53.6 Å². The number of fused-ring (bicyclic) bond motifs is 3. The van der Waals surface area contributed by atoms with Gasteiger partial charge in [0.15, 0.2) is 0 Å². The summed E-state index contributed by atoms with van der Waals surface area (Å²) in [5.74, 6) is 0. The van der Waals surface area contributed by atoms with Crippen LogP contribution in [0.3, 0.4) is 0 Å². The first-order valence-corrected chi connectivity index (χ1v) is 8.70. The molecule has 5 rings (SSSR count). The molecule has 0 spiro atoms. The third kappa shape index (κ3) is 5.35. The van der Waals surface area contributed by atoms with Crippen molar-refractivity contribution in [3.8, 4) is 0 Å². The van der Waals surface area contributed by atoms with Crippen LogP contribution < -0.4 is 0 Å². The molecule has 3 aromatic rings. The standard InChI is InChI=1S/C13H9.C5H10.C5H5.Zr/c1-3-7-12-10(5-1)9-11-6-2-4-8-13(11)12;2*1-2-4-5-3-1;/h1-9H;1-5H2;1-3H,4H2;/q-1;;-1;+2. The fourth-order valence-corrected chi connectivity index (χ4v) is 3.13. The molecule has 0 N–H and O–H groups in total. The predicted octanol–water partition coefficient (Wildman–Crippen LogP) is 6.97. The van der Waals surface area contributed by atoms with Crippen molar-refractivity contribution in [2.45, 2.75) is 38.5 Å². The molecule has 0 radical (unpaired) electrons. The van der Waals surface area contributed by atoms with Crippen molar-refractivity contribution in [3.63, 3.8) is 0 Å². The fraction of sp³-hybridized carbons (Fsp3) is 0.261. The molecule has 1 heteroatoms. The van der Waals surface area contributed by atoms with Crippen LogP contribution >= 0.6 is 0 Å². The van der Waals surface area contributed by atoms with Crippen LogP contribution in [-0.4, -0.2) is 0 Å². The van der Waals surface area contributed by atoms with E-state index in [1.54, 1.807) is 0 Å². The second-order valence-corrected chi connectivity index (χ2v) is 6.09. The molecule has 0 bridgehead atoms. The van der Waals surface area contributed by atoms with Crippen LogP contribution in [0.25, 0.3) is 21.5 Å². The van der Waals surface area contributed by atoms with Gasteiger partial charge in [0.2, 0.25) is 0 Å². The summed E-state index contributed by atoms with van der Waals surface area (Å²) in [6.07, 6.45) is 17.5. The van der Waals surface area contributed by atoms with Gasteiger partial charge in [-0.1, -0.05) is 68.5 Å². The summed E-state index contributed by atoms with van der Waals surface area (Å²) in [6, 6.07) is 19.3. The molecule has 2 aliphatic carbocycles. The van der Waals surface area contributed by atoms with Crippen LogP contribution in [0, 0.1) is 6.08 Å². The largest absolute Gasteiger partial charge is 2.00 e. The van der Waals surface area contributed by atoms with E-state index in [2.05, 4.69) is 66.7 Å². The molecular formula is C23H24Zr. The average molecular weight is 392 g/mol. The van der Waals surface area contributed by atoms with Crippen molar-refractivity contribution in [2.75, 3.05) is 0 Å². The third-order valence-electron chi connectivity index (χ3n) is 4.36. The van der Waals surface area contributed by atoms with Crippen molar-refractivity contribution in [2.24, 2.45) is 0 Å². The Balaban J connectivity index is 0.000000157. The van der Waals surface area contributed by atoms with Gasteiger partial charge in [-0.2, -0.15) is 6.08 Å². The Bertz CT molecular complexity index is 720. The molecule has 24 heavy (non-hydrogen) atoms. The summed E-state index contributed by atoms with van der Waals surface area (Å²) >= 11 is 0. The van der Waals surface area contributed by atoms with Gasteiger partial charge in [0.1, 0.15) is 0 Å². The monoisotopic (exact) mass is 390 g/mol. The first-order valence-electron chi connectivity index (χ1n) is 8.70. The van der Waals surface area contributed by atoms with Gasteiger partial charge in [-0.05, 0) is 0 Å². The topological polar surface area (TPSA) is 0 Å². The Hall–Kier alpha value is -1.33. The molecule has 2 aliphatic rings. The predicted molar refractivity (Wildman–Crippen MR) is 102 cm³/mol. The zero-order valence-corrected chi connectivity index (χ0v) is 16.6. The van der Waals surface area contributed by atoms with Gasteiger partial charge in [-0.15, -0.1) is 46.2 Å².